The van der Waals surface area contributed by atoms with Crippen molar-refractivity contribution >= 4 is 23.1 Å². The molecule has 1 fully saturated rings. The standard InChI is InChI=1S/C28H35N5O2/c1-35-27-10-3-2-9-26(27)33-19-17-32(18-20-33)16-5-4-15-30-28(34)31-25-13-11-22(12-14-25)23-7-6-8-24(29)21-23/h2-3,6-14,21H,4-5,15-20,29H2,1H3,(H2,30,31,34). The molecule has 35 heavy (non-hydrogen) atoms. The lowest BCUT2D eigenvalue weighted by Gasteiger charge is -2.36. The van der Waals surface area contributed by atoms with Crippen LogP contribution in [0.4, 0.5) is 21.9 Å². The van der Waals surface area contributed by atoms with Crippen LogP contribution in [0.15, 0.2) is 72.8 Å². The van der Waals surface area contributed by atoms with Gasteiger partial charge in [0.1, 0.15) is 5.75 Å². The van der Waals surface area contributed by atoms with Gasteiger partial charge in [-0.2, -0.15) is 0 Å². The maximum Gasteiger partial charge on any atom is 0.319 e. The molecular weight excluding hydrogens is 438 g/mol. The summed E-state index contributed by atoms with van der Waals surface area (Å²) < 4.78 is 5.50. The summed E-state index contributed by atoms with van der Waals surface area (Å²) >= 11 is 0. The Bertz CT molecular complexity index is 1090. The minimum absolute atomic E-state index is 0.174. The van der Waals surface area contributed by atoms with Gasteiger partial charge in [-0.05, 0) is 66.9 Å². The Balaban J connectivity index is 1.11. The number of anilines is 3. The molecule has 0 aliphatic carbocycles. The van der Waals surface area contributed by atoms with E-state index in [1.165, 1.54) is 5.69 Å². The van der Waals surface area contributed by atoms with Gasteiger partial charge in [0.25, 0.3) is 0 Å². The predicted octanol–water partition coefficient (Wildman–Crippen LogP) is 4.67. The van der Waals surface area contributed by atoms with Gasteiger partial charge in [-0.1, -0.05) is 36.4 Å². The molecule has 4 N–H and O–H groups in total. The van der Waals surface area contributed by atoms with Gasteiger partial charge < -0.3 is 26.0 Å². The number of urea groups is 1. The monoisotopic (exact) mass is 473 g/mol. The van der Waals surface area contributed by atoms with E-state index in [-0.39, 0.29) is 6.03 Å². The highest BCUT2D eigenvalue weighted by Gasteiger charge is 2.19. The third-order valence-corrected chi connectivity index (χ3v) is 6.35. The van der Waals surface area contributed by atoms with Crippen LogP contribution in [0, 0.1) is 0 Å². The Labute approximate surface area is 207 Å². The Morgan fingerprint density at radius 1 is 0.914 bits per heavy atom. The molecule has 4 rings (SSSR count). The highest BCUT2D eigenvalue weighted by atomic mass is 16.5. The molecule has 0 bridgehead atoms. The van der Waals surface area contributed by atoms with Crippen LogP contribution in [-0.4, -0.2) is 57.3 Å². The number of methoxy groups -OCH3 is 1. The summed E-state index contributed by atoms with van der Waals surface area (Å²) in [5, 5.41) is 5.86. The molecule has 3 aromatic carbocycles. The van der Waals surface area contributed by atoms with E-state index in [4.69, 9.17) is 10.5 Å². The topological polar surface area (TPSA) is 82.9 Å². The first-order valence-electron chi connectivity index (χ1n) is 12.2. The zero-order valence-electron chi connectivity index (χ0n) is 20.4. The van der Waals surface area contributed by atoms with Crippen molar-refractivity contribution in [2.75, 3.05) is 62.3 Å². The zero-order chi connectivity index (χ0) is 24.5. The van der Waals surface area contributed by atoms with Crippen molar-refractivity contribution in [3.63, 3.8) is 0 Å². The lowest BCUT2D eigenvalue weighted by molar-refractivity contribution is 0.246. The van der Waals surface area contributed by atoms with E-state index < -0.39 is 0 Å². The Hall–Kier alpha value is -3.71. The van der Waals surface area contributed by atoms with Crippen LogP contribution in [0.2, 0.25) is 0 Å². The first kappa shape index (κ1) is 24.4. The SMILES string of the molecule is COc1ccccc1N1CCN(CCCCNC(=O)Nc2ccc(-c3cccc(N)c3)cc2)CC1. The second-order valence-corrected chi connectivity index (χ2v) is 8.79. The summed E-state index contributed by atoms with van der Waals surface area (Å²) in [4.78, 5) is 17.1. The van der Waals surface area contributed by atoms with Crippen molar-refractivity contribution in [1.29, 1.82) is 0 Å². The molecule has 1 aliphatic rings. The first-order chi connectivity index (χ1) is 17.1. The van der Waals surface area contributed by atoms with Gasteiger partial charge in [0.15, 0.2) is 0 Å². The fraction of sp³-hybridized carbons (Fsp3) is 0.321. The fourth-order valence-corrected chi connectivity index (χ4v) is 4.41. The van der Waals surface area contributed by atoms with Crippen molar-refractivity contribution in [1.82, 2.24) is 10.2 Å². The van der Waals surface area contributed by atoms with Crippen LogP contribution in [0.1, 0.15) is 12.8 Å². The Morgan fingerprint density at radius 2 is 1.69 bits per heavy atom. The quantitative estimate of drug-likeness (QED) is 0.311. The van der Waals surface area contributed by atoms with Gasteiger partial charge in [0.2, 0.25) is 0 Å². The molecule has 0 saturated carbocycles. The second-order valence-electron chi connectivity index (χ2n) is 8.79. The van der Waals surface area contributed by atoms with Crippen LogP contribution < -0.4 is 26.0 Å². The number of ether oxygens (including phenoxy) is 1. The Morgan fingerprint density at radius 3 is 2.43 bits per heavy atom. The number of nitrogens with one attached hydrogen (secondary N) is 2. The smallest absolute Gasteiger partial charge is 0.319 e. The predicted molar refractivity (Wildman–Crippen MR) is 144 cm³/mol. The van der Waals surface area contributed by atoms with Gasteiger partial charge >= 0.3 is 6.03 Å². The third kappa shape index (κ3) is 6.90. The van der Waals surface area contributed by atoms with Crippen LogP contribution >= 0.6 is 0 Å². The van der Waals surface area contributed by atoms with Crippen molar-refractivity contribution in [3.05, 3.63) is 72.8 Å². The minimum atomic E-state index is -0.174. The number of unbranched alkanes of at least 4 members (excludes halogenated alkanes) is 1. The first-order valence-corrected chi connectivity index (χ1v) is 12.2. The van der Waals surface area contributed by atoms with Crippen molar-refractivity contribution < 1.29 is 9.53 Å². The number of rotatable bonds is 9. The van der Waals surface area contributed by atoms with E-state index in [0.29, 0.717) is 6.54 Å². The van der Waals surface area contributed by atoms with Gasteiger partial charge in [-0.3, -0.25) is 4.90 Å². The normalized spacial score (nSPS) is 13.9. The third-order valence-electron chi connectivity index (χ3n) is 6.35. The molecule has 2 amide bonds. The molecule has 184 valence electrons. The van der Waals surface area contributed by atoms with Gasteiger partial charge in [-0.25, -0.2) is 4.79 Å². The van der Waals surface area contributed by atoms with E-state index in [2.05, 4.69) is 32.6 Å². The van der Waals surface area contributed by atoms with Crippen molar-refractivity contribution in [2.45, 2.75) is 12.8 Å². The molecule has 3 aromatic rings. The van der Waals surface area contributed by atoms with E-state index in [9.17, 15) is 4.79 Å². The van der Waals surface area contributed by atoms with E-state index in [1.807, 2.05) is 60.7 Å². The molecule has 7 nitrogen and oxygen atoms in total. The number of carbonyl (C=O) groups is 1. The van der Waals surface area contributed by atoms with E-state index in [0.717, 1.165) is 73.8 Å². The van der Waals surface area contributed by atoms with Gasteiger partial charge in [-0.15, -0.1) is 0 Å². The summed E-state index contributed by atoms with van der Waals surface area (Å²) in [7, 11) is 1.72. The number of piperazine rings is 1. The number of para-hydroxylation sites is 2. The van der Waals surface area contributed by atoms with Gasteiger partial charge in [0.05, 0.1) is 12.8 Å². The Kier molecular flexibility index (Phi) is 8.46. The summed E-state index contributed by atoms with van der Waals surface area (Å²) in [5.41, 5.74) is 10.7. The molecule has 0 radical (unpaired) electrons. The number of hydrogen-bond acceptors (Lipinski definition) is 5. The molecule has 0 unspecified atom stereocenters. The number of hydrogen-bond donors (Lipinski definition) is 3. The molecular formula is C28H35N5O2. The molecule has 1 heterocycles. The highest BCUT2D eigenvalue weighted by Crippen LogP contribution is 2.28. The van der Waals surface area contributed by atoms with E-state index >= 15 is 0 Å². The average Bonchev–Trinajstić information content (AvgIpc) is 2.89. The van der Waals surface area contributed by atoms with Crippen molar-refractivity contribution in [2.24, 2.45) is 0 Å². The van der Waals surface area contributed by atoms with Crippen LogP contribution in [-0.2, 0) is 0 Å². The summed E-state index contributed by atoms with van der Waals surface area (Å²) in [6, 6.07) is 23.6. The molecule has 0 atom stereocenters. The van der Waals surface area contributed by atoms with Crippen LogP contribution in [0.5, 0.6) is 5.75 Å². The summed E-state index contributed by atoms with van der Waals surface area (Å²) in [6.07, 6.45) is 2.01. The maximum absolute atomic E-state index is 12.2. The van der Waals surface area contributed by atoms with Crippen molar-refractivity contribution in [3.8, 4) is 16.9 Å². The maximum atomic E-state index is 12.2. The molecule has 1 aliphatic heterocycles. The van der Waals surface area contributed by atoms with E-state index in [1.54, 1.807) is 7.11 Å². The lowest BCUT2D eigenvalue weighted by atomic mass is 10.0. The fourth-order valence-electron chi connectivity index (χ4n) is 4.41. The molecule has 0 spiro atoms. The summed E-state index contributed by atoms with van der Waals surface area (Å²) in [5.74, 6) is 0.933. The minimum Gasteiger partial charge on any atom is -0.495 e. The number of benzene rings is 3. The number of carbonyl (C=O) groups excluding carboxylic acids is 1. The number of amides is 2. The average molecular weight is 474 g/mol. The second kappa shape index (κ2) is 12.1. The molecule has 1 saturated heterocycles. The summed E-state index contributed by atoms with van der Waals surface area (Å²) in [6.45, 7) is 5.78. The zero-order valence-corrected chi connectivity index (χ0v) is 20.4. The van der Waals surface area contributed by atoms with Crippen LogP contribution in [0.3, 0.4) is 0 Å². The molecule has 7 heteroatoms. The van der Waals surface area contributed by atoms with Crippen LogP contribution in [0.25, 0.3) is 11.1 Å². The molecule has 0 aromatic heterocycles. The number of nitrogen functional groups attached to an aromatic ring is 1. The number of nitrogens with zero attached hydrogens (tertiary/aromatic N) is 2. The lowest BCUT2D eigenvalue weighted by Crippen LogP contribution is -2.46. The largest absolute Gasteiger partial charge is 0.495 e. The highest BCUT2D eigenvalue weighted by molar-refractivity contribution is 5.89. The number of nitrogens with two attached hydrogens (primary N) is 1. The van der Waals surface area contributed by atoms with Gasteiger partial charge in [0, 0.05) is 44.1 Å².